The van der Waals surface area contributed by atoms with E-state index in [4.69, 9.17) is 14.2 Å². The third-order valence-electron chi connectivity index (χ3n) is 4.83. The average molecular weight is 341 g/mol. The zero-order chi connectivity index (χ0) is 17.1. The van der Waals surface area contributed by atoms with Gasteiger partial charge in [0.25, 0.3) is 0 Å². The van der Waals surface area contributed by atoms with E-state index < -0.39 is 0 Å². The second-order valence-corrected chi connectivity index (χ2v) is 6.79. The zero-order valence-electron chi connectivity index (χ0n) is 14.4. The predicted octanol–water partition coefficient (Wildman–Crippen LogP) is 2.30. The largest absolute Gasteiger partial charge is 0.497 e. The van der Waals surface area contributed by atoms with Crippen molar-refractivity contribution in [3.8, 4) is 11.8 Å². The van der Waals surface area contributed by atoms with Crippen molar-refractivity contribution in [1.29, 1.82) is 0 Å². The highest BCUT2D eigenvalue weighted by atomic mass is 16.5. The molecule has 0 radical (unpaired) electrons. The lowest BCUT2D eigenvalue weighted by Crippen LogP contribution is -2.65. The van der Waals surface area contributed by atoms with Gasteiger partial charge in [-0.2, -0.15) is 0 Å². The molecule has 1 aromatic heterocycles. The summed E-state index contributed by atoms with van der Waals surface area (Å²) in [6, 6.07) is 10.5. The molecule has 1 aromatic carbocycles. The summed E-state index contributed by atoms with van der Waals surface area (Å²) < 4.78 is 17.3. The van der Waals surface area contributed by atoms with Crippen LogP contribution in [0.15, 0.2) is 42.7 Å². The van der Waals surface area contributed by atoms with E-state index in [9.17, 15) is 0 Å². The highest BCUT2D eigenvalue weighted by Crippen LogP contribution is 2.36. The first-order valence-electron chi connectivity index (χ1n) is 8.68. The van der Waals surface area contributed by atoms with Gasteiger partial charge in [0.1, 0.15) is 11.9 Å². The lowest BCUT2D eigenvalue weighted by Gasteiger charge is -2.53. The number of hydrogen-bond donors (Lipinski definition) is 0. The maximum Gasteiger partial charge on any atom is 0.316 e. The van der Waals surface area contributed by atoms with Crippen LogP contribution in [0.5, 0.6) is 11.8 Å². The van der Waals surface area contributed by atoms with E-state index in [0.29, 0.717) is 6.01 Å². The van der Waals surface area contributed by atoms with Crippen molar-refractivity contribution in [3.63, 3.8) is 0 Å². The van der Waals surface area contributed by atoms with Crippen LogP contribution < -0.4 is 9.47 Å². The topological polar surface area (TPSA) is 56.7 Å². The van der Waals surface area contributed by atoms with Gasteiger partial charge in [-0.1, -0.05) is 12.1 Å². The van der Waals surface area contributed by atoms with Crippen molar-refractivity contribution in [1.82, 2.24) is 14.9 Å². The number of nitrogens with zero attached hydrogens (tertiary/aromatic N) is 3. The van der Waals surface area contributed by atoms with Crippen molar-refractivity contribution >= 4 is 0 Å². The first kappa shape index (κ1) is 16.3. The van der Waals surface area contributed by atoms with E-state index in [1.807, 2.05) is 12.1 Å². The van der Waals surface area contributed by atoms with Gasteiger partial charge in [-0.05, 0) is 23.8 Å². The van der Waals surface area contributed by atoms with Gasteiger partial charge >= 0.3 is 6.01 Å². The number of benzene rings is 1. The van der Waals surface area contributed by atoms with Crippen LogP contribution >= 0.6 is 0 Å². The Bertz CT molecular complexity index is 704. The van der Waals surface area contributed by atoms with E-state index in [0.717, 1.165) is 44.8 Å². The maximum absolute atomic E-state index is 6.10. The predicted molar refractivity (Wildman–Crippen MR) is 92.6 cm³/mol. The van der Waals surface area contributed by atoms with E-state index >= 15 is 0 Å². The van der Waals surface area contributed by atoms with Gasteiger partial charge in [-0.25, -0.2) is 9.97 Å². The lowest BCUT2D eigenvalue weighted by molar-refractivity contribution is -0.188. The number of hydrogen-bond acceptors (Lipinski definition) is 6. The van der Waals surface area contributed by atoms with Gasteiger partial charge in [-0.15, -0.1) is 0 Å². The molecule has 132 valence electrons. The van der Waals surface area contributed by atoms with Crippen LogP contribution in [0, 0.1) is 0 Å². The normalized spacial score (nSPS) is 22.4. The second kappa shape index (κ2) is 6.98. The van der Waals surface area contributed by atoms with Crippen molar-refractivity contribution in [2.75, 3.05) is 26.8 Å². The first-order valence-corrected chi connectivity index (χ1v) is 8.68. The molecule has 3 heterocycles. The van der Waals surface area contributed by atoms with Gasteiger partial charge < -0.3 is 14.2 Å². The van der Waals surface area contributed by atoms with E-state index in [-0.39, 0.29) is 11.7 Å². The minimum Gasteiger partial charge on any atom is -0.497 e. The minimum absolute atomic E-state index is 0.0867. The molecule has 1 spiro atoms. The number of likely N-dealkylation sites (tertiary alicyclic amines) is 1. The summed E-state index contributed by atoms with van der Waals surface area (Å²) in [6.07, 6.45) is 5.30. The molecule has 2 saturated heterocycles. The Morgan fingerprint density at radius 1 is 1.24 bits per heavy atom. The fourth-order valence-electron chi connectivity index (χ4n) is 3.71. The molecule has 0 saturated carbocycles. The highest BCUT2D eigenvalue weighted by Gasteiger charge is 2.48. The Morgan fingerprint density at radius 3 is 2.88 bits per heavy atom. The fraction of sp³-hybridized carbons (Fsp3) is 0.474. The summed E-state index contributed by atoms with van der Waals surface area (Å²) >= 11 is 0. The average Bonchev–Trinajstić information content (AvgIpc) is 2.62. The fourth-order valence-corrected chi connectivity index (χ4v) is 3.71. The molecule has 25 heavy (non-hydrogen) atoms. The quantitative estimate of drug-likeness (QED) is 0.832. The highest BCUT2D eigenvalue weighted by molar-refractivity contribution is 5.28. The molecule has 2 aliphatic heterocycles. The monoisotopic (exact) mass is 341 g/mol. The molecule has 1 atom stereocenters. The Balaban J connectivity index is 1.32. The van der Waals surface area contributed by atoms with E-state index in [2.05, 4.69) is 27.0 Å². The molecule has 2 fully saturated rings. The Labute approximate surface area is 147 Å². The van der Waals surface area contributed by atoms with Gasteiger partial charge in [0, 0.05) is 44.9 Å². The van der Waals surface area contributed by atoms with Crippen LogP contribution in [0.3, 0.4) is 0 Å². The Morgan fingerprint density at radius 2 is 2.08 bits per heavy atom. The van der Waals surface area contributed by atoms with E-state index in [1.165, 1.54) is 5.56 Å². The summed E-state index contributed by atoms with van der Waals surface area (Å²) in [5.74, 6) is 0.901. The smallest absolute Gasteiger partial charge is 0.316 e. The maximum atomic E-state index is 6.10. The van der Waals surface area contributed by atoms with Gasteiger partial charge in [-0.3, -0.25) is 4.90 Å². The van der Waals surface area contributed by atoms with Crippen LogP contribution in [-0.2, 0) is 11.3 Å². The number of rotatable bonds is 5. The number of methoxy groups -OCH3 is 1. The summed E-state index contributed by atoms with van der Waals surface area (Å²) in [6.45, 7) is 3.50. The second-order valence-electron chi connectivity index (χ2n) is 6.79. The van der Waals surface area contributed by atoms with Crippen molar-refractivity contribution in [2.24, 2.45) is 0 Å². The van der Waals surface area contributed by atoms with Crippen molar-refractivity contribution < 1.29 is 14.2 Å². The molecule has 0 bridgehead atoms. The molecule has 0 amide bonds. The molecular weight excluding hydrogens is 318 g/mol. The molecule has 0 aliphatic carbocycles. The summed E-state index contributed by atoms with van der Waals surface area (Å²) in [4.78, 5) is 10.7. The zero-order valence-corrected chi connectivity index (χ0v) is 14.4. The standard InChI is InChI=1S/C19H23N3O3/c1-23-16-5-2-4-15(10-16)12-22-13-19(14-22)11-17(6-9-24-19)25-18-20-7-3-8-21-18/h2-5,7-8,10,17H,6,9,11-14H2,1H3/t17-/m1/s1. The molecule has 0 unspecified atom stereocenters. The number of ether oxygens (including phenoxy) is 3. The van der Waals surface area contributed by atoms with Gasteiger partial charge in [0.15, 0.2) is 0 Å². The molecule has 4 rings (SSSR count). The Hall–Kier alpha value is -2.18. The van der Waals surface area contributed by atoms with E-state index in [1.54, 1.807) is 25.6 Å². The SMILES string of the molecule is COc1cccc(CN2CC3(C[C@H](Oc4ncccn4)CCO3)C2)c1. The van der Waals surface area contributed by atoms with Crippen LogP contribution in [0.2, 0.25) is 0 Å². The van der Waals surface area contributed by atoms with Crippen LogP contribution in [0.1, 0.15) is 18.4 Å². The third kappa shape index (κ3) is 3.75. The van der Waals surface area contributed by atoms with Crippen molar-refractivity contribution in [2.45, 2.75) is 31.1 Å². The Kier molecular flexibility index (Phi) is 4.55. The minimum atomic E-state index is -0.0867. The summed E-state index contributed by atoms with van der Waals surface area (Å²) in [5, 5.41) is 0. The summed E-state index contributed by atoms with van der Waals surface area (Å²) in [7, 11) is 1.70. The molecule has 0 N–H and O–H groups in total. The summed E-state index contributed by atoms with van der Waals surface area (Å²) in [5.41, 5.74) is 1.17. The lowest BCUT2D eigenvalue weighted by atomic mass is 9.84. The third-order valence-corrected chi connectivity index (χ3v) is 4.83. The number of aromatic nitrogens is 2. The molecule has 6 heteroatoms. The van der Waals surface area contributed by atoms with Gasteiger partial charge in [0.05, 0.1) is 19.3 Å². The van der Waals surface area contributed by atoms with Gasteiger partial charge in [0.2, 0.25) is 0 Å². The van der Waals surface area contributed by atoms with Crippen LogP contribution in [0.4, 0.5) is 0 Å². The van der Waals surface area contributed by atoms with Crippen molar-refractivity contribution in [3.05, 3.63) is 48.3 Å². The molecule has 6 nitrogen and oxygen atoms in total. The van der Waals surface area contributed by atoms with Crippen LogP contribution in [0.25, 0.3) is 0 Å². The first-order chi connectivity index (χ1) is 12.2. The molecular formula is C19H23N3O3. The molecule has 2 aromatic rings. The van der Waals surface area contributed by atoms with Crippen LogP contribution in [-0.4, -0.2) is 53.4 Å². The molecule has 2 aliphatic rings.